The monoisotopic (exact) mass is 440 g/mol. The first-order valence-corrected chi connectivity index (χ1v) is 11.2. The van der Waals surface area contributed by atoms with Gasteiger partial charge in [-0.05, 0) is 43.2 Å². The van der Waals surface area contributed by atoms with Crippen LogP contribution >= 0.6 is 11.6 Å². The maximum Gasteiger partial charge on any atom is 0.224 e. The topological polar surface area (TPSA) is 71.7 Å². The SMILES string of the molecule is O=C(CCN(Cc1ccco1)c1nc(C2CC2)nc2cc(Cl)ccc12)N1CCOCC1. The van der Waals surface area contributed by atoms with E-state index in [0.717, 1.165) is 41.1 Å². The molecule has 1 aromatic carbocycles. The zero-order valence-corrected chi connectivity index (χ0v) is 18.1. The fraction of sp³-hybridized carbons (Fsp3) is 0.435. The van der Waals surface area contributed by atoms with Gasteiger partial charge in [0.25, 0.3) is 0 Å². The summed E-state index contributed by atoms with van der Waals surface area (Å²) in [6, 6.07) is 9.52. The van der Waals surface area contributed by atoms with E-state index < -0.39 is 0 Å². The molecule has 3 heterocycles. The first kappa shape index (κ1) is 20.3. The third kappa shape index (κ3) is 4.67. The number of ether oxygens (including phenoxy) is 1. The summed E-state index contributed by atoms with van der Waals surface area (Å²) >= 11 is 6.25. The molecule has 0 spiro atoms. The first-order valence-electron chi connectivity index (χ1n) is 10.8. The molecule has 2 fully saturated rings. The van der Waals surface area contributed by atoms with Gasteiger partial charge in [-0.25, -0.2) is 9.97 Å². The molecule has 0 N–H and O–H groups in total. The van der Waals surface area contributed by atoms with Gasteiger partial charge >= 0.3 is 0 Å². The maximum atomic E-state index is 12.8. The molecule has 2 aliphatic rings. The molecular formula is C23H25ClN4O3. The van der Waals surface area contributed by atoms with Crippen molar-refractivity contribution in [2.75, 3.05) is 37.7 Å². The molecule has 1 aliphatic heterocycles. The second-order valence-corrected chi connectivity index (χ2v) is 8.52. The Morgan fingerprint density at radius 3 is 2.77 bits per heavy atom. The number of furan rings is 1. The quantitative estimate of drug-likeness (QED) is 0.552. The minimum Gasteiger partial charge on any atom is -0.467 e. The van der Waals surface area contributed by atoms with Gasteiger partial charge in [0.05, 0.1) is 31.5 Å². The van der Waals surface area contributed by atoms with Gasteiger partial charge in [0, 0.05) is 42.4 Å². The Labute approximate surface area is 186 Å². The van der Waals surface area contributed by atoms with Crippen LogP contribution in [0.3, 0.4) is 0 Å². The Hall–Kier alpha value is -2.64. The van der Waals surface area contributed by atoms with E-state index in [2.05, 4.69) is 4.90 Å². The Kier molecular flexibility index (Phi) is 5.78. The van der Waals surface area contributed by atoms with E-state index in [1.165, 1.54) is 0 Å². The number of hydrogen-bond acceptors (Lipinski definition) is 6. The average Bonchev–Trinajstić information content (AvgIpc) is 3.52. The third-order valence-electron chi connectivity index (χ3n) is 5.78. The van der Waals surface area contributed by atoms with Crippen molar-refractivity contribution in [3.8, 4) is 0 Å². The highest BCUT2D eigenvalue weighted by Crippen LogP contribution is 2.40. The van der Waals surface area contributed by atoms with Gasteiger partial charge in [-0.1, -0.05) is 11.6 Å². The number of carbonyl (C=O) groups excluding carboxylic acids is 1. The minimum atomic E-state index is 0.136. The fourth-order valence-corrected chi connectivity index (χ4v) is 4.09. The summed E-state index contributed by atoms with van der Waals surface area (Å²) in [5.41, 5.74) is 0.836. The van der Waals surface area contributed by atoms with Gasteiger partial charge < -0.3 is 19.0 Å². The van der Waals surface area contributed by atoms with Crippen LogP contribution in [0.1, 0.15) is 36.8 Å². The number of carbonyl (C=O) groups is 1. The van der Waals surface area contributed by atoms with Crippen molar-refractivity contribution in [3.63, 3.8) is 0 Å². The van der Waals surface area contributed by atoms with Crippen molar-refractivity contribution < 1.29 is 13.9 Å². The van der Waals surface area contributed by atoms with Crippen molar-refractivity contribution >= 4 is 34.2 Å². The van der Waals surface area contributed by atoms with Crippen molar-refractivity contribution in [2.45, 2.75) is 31.7 Å². The van der Waals surface area contributed by atoms with E-state index in [4.69, 9.17) is 30.7 Å². The largest absolute Gasteiger partial charge is 0.467 e. The van der Waals surface area contributed by atoms with Crippen LogP contribution in [-0.4, -0.2) is 53.6 Å². The van der Waals surface area contributed by atoms with E-state index in [1.54, 1.807) is 6.26 Å². The standard InChI is InChI=1S/C23H25ClN4O3/c24-17-5-6-19-20(14-17)25-22(16-3-4-16)26-23(19)28(15-18-2-1-11-31-18)8-7-21(29)27-9-12-30-13-10-27/h1-2,5-6,11,14,16H,3-4,7-10,12-13,15H2. The molecule has 0 atom stereocenters. The highest BCUT2D eigenvalue weighted by molar-refractivity contribution is 6.31. The lowest BCUT2D eigenvalue weighted by atomic mass is 10.2. The summed E-state index contributed by atoms with van der Waals surface area (Å²) in [6.07, 6.45) is 4.29. The van der Waals surface area contributed by atoms with E-state index in [9.17, 15) is 4.79 Å². The molecule has 3 aromatic rings. The summed E-state index contributed by atoms with van der Waals surface area (Å²) in [6.45, 7) is 3.57. The van der Waals surface area contributed by atoms with Crippen LogP contribution in [0.15, 0.2) is 41.0 Å². The Balaban J connectivity index is 1.46. The van der Waals surface area contributed by atoms with E-state index in [1.807, 2.05) is 35.2 Å². The summed E-state index contributed by atoms with van der Waals surface area (Å²) in [5.74, 6) is 3.05. The Morgan fingerprint density at radius 1 is 1.19 bits per heavy atom. The number of nitrogens with zero attached hydrogens (tertiary/aromatic N) is 4. The molecule has 7 nitrogen and oxygen atoms in total. The van der Waals surface area contributed by atoms with Gasteiger partial charge in [-0.15, -0.1) is 0 Å². The van der Waals surface area contributed by atoms with E-state index in [-0.39, 0.29) is 5.91 Å². The predicted octanol–water partition coefficient (Wildman–Crippen LogP) is 4.01. The molecule has 162 valence electrons. The molecule has 31 heavy (non-hydrogen) atoms. The number of fused-ring (bicyclic) bond motifs is 1. The van der Waals surface area contributed by atoms with Gasteiger partial charge in [0.15, 0.2) is 0 Å². The summed E-state index contributed by atoms with van der Waals surface area (Å²) in [4.78, 5) is 26.5. The maximum absolute atomic E-state index is 12.8. The Bertz CT molecular complexity index is 1060. The van der Waals surface area contributed by atoms with E-state index >= 15 is 0 Å². The zero-order chi connectivity index (χ0) is 21.2. The summed E-state index contributed by atoms with van der Waals surface area (Å²) < 4.78 is 11.0. The lowest BCUT2D eigenvalue weighted by molar-refractivity contribution is -0.135. The summed E-state index contributed by atoms with van der Waals surface area (Å²) in [5, 5.41) is 1.58. The first-order chi connectivity index (χ1) is 15.2. The number of anilines is 1. The lowest BCUT2D eigenvalue weighted by Crippen LogP contribution is -2.42. The van der Waals surface area contributed by atoms with Crippen LogP contribution < -0.4 is 4.90 Å². The third-order valence-corrected chi connectivity index (χ3v) is 6.02. The highest BCUT2D eigenvalue weighted by Gasteiger charge is 2.29. The van der Waals surface area contributed by atoms with Crippen LogP contribution in [0, 0.1) is 0 Å². The number of halogens is 1. The fourth-order valence-electron chi connectivity index (χ4n) is 3.92. The number of hydrogen-bond donors (Lipinski definition) is 0. The van der Waals surface area contributed by atoms with Gasteiger partial charge in [0.2, 0.25) is 5.91 Å². The smallest absolute Gasteiger partial charge is 0.224 e. The van der Waals surface area contributed by atoms with Crippen LogP contribution in [0.2, 0.25) is 5.02 Å². The van der Waals surface area contributed by atoms with Gasteiger partial charge in [-0.3, -0.25) is 4.79 Å². The lowest BCUT2D eigenvalue weighted by Gasteiger charge is -2.29. The predicted molar refractivity (Wildman–Crippen MR) is 118 cm³/mol. The molecule has 1 saturated carbocycles. The number of morpholine rings is 1. The van der Waals surface area contributed by atoms with Crippen LogP contribution in [-0.2, 0) is 16.1 Å². The number of aromatic nitrogens is 2. The molecule has 1 saturated heterocycles. The number of rotatable bonds is 7. The van der Waals surface area contributed by atoms with Gasteiger partial charge in [-0.2, -0.15) is 0 Å². The van der Waals surface area contributed by atoms with Crippen LogP contribution in [0.5, 0.6) is 0 Å². The molecule has 1 amide bonds. The van der Waals surface area contributed by atoms with Crippen molar-refractivity contribution in [2.24, 2.45) is 0 Å². The second kappa shape index (κ2) is 8.85. The second-order valence-electron chi connectivity index (χ2n) is 8.09. The Morgan fingerprint density at radius 2 is 2.03 bits per heavy atom. The summed E-state index contributed by atoms with van der Waals surface area (Å²) in [7, 11) is 0. The zero-order valence-electron chi connectivity index (χ0n) is 17.3. The molecule has 8 heteroatoms. The molecule has 0 bridgehead atoms. The molecule has 0 radical (unpaired) electrons. The molecular weight excluding hydrogens is 416 g/mol. The van der Waals surface area contributed by atoms with Crippen LogP contribution in [0.25, 0.3) is 10.9 Å². The van der Waals surface area contributed by atoms with Crippen molar-refractivity contribution in [1.29, 1.82) is 0 Å². The van der Waals surface area contributed by atoms with Crippen LogP contribution in [0.4, 0.5) is 5.82 Å². The van der Waals surface area contributed by atoms with Crippen molar-refractivity contribution in [3.05, 3.63) is 53.2 Å². The molecule has 2 aromatic heterocycles. The van der Waals surface area contributed by atoms with E-state index in [0.29, 0.717) is 56.8 Å². The normalized spacial score (nSPS) is 16.6. The molecule has 1 aliphatic carbocycles. The minimum absolute atomic E-state index is 0.136. The number of benzene rings is 1. The van der Waals surface area contributed by atoms with Gasteiger partial charge in [0.1, 0.15) is 17.4 Å². The molecule has 5 rings (SSSR count). The average molecular weight is 441 g/mol. The molecule has 0 unspecified atom stereocenters. The van der Waals surface area contributed by atoms with Crippen molar-refractivity contribution in [1.82, 2.24) is 14.9 Å². The number of amides is 1. The highest BCUT2D eigenvalue weighted by atomic mass is 35.5.